The molecule has 0 aromatic carbocycles. The molecule has 1 aliphatic rings. The van der Waals surface area contributed by atoms with Crippen LogP contribution in [0.4, 0.5) is 5.13 Å². The van der Waals surface area contributed by atoms with Crippen molar-refractivity contribution in [1.82, 2.24) is 10.2 Å². The number of morpholine rings is 1. The highest BCUT2D eigenvalue weighted by atomic mass is 35.5. The normalized spacial score (nSPS) is 18.2. The Morgan fingerprint density at radius 3 is 2.67 bits per heavy atom. The molecule has 0 amide bonds. The Morgan fingerprint density at radius 1 is 1.33 bits per heavy atom. The van der Waals surface area contributed by atoms with E-state index in [-0.39, 0.29) is 0 Å². The van der Waals surface area contributed by atoms with Gasteiger partial charge in [-0.15, -0.1) is 10.2 Å². The lowest BCUT2D eigenvalue weighted by Crippen LogP contribution is -2.36. The molecule has 0 spiro atoms. The summed E-state index contributed by atoms with van der Waals surface area (Å²) in [6.45, 7) is 3.28. The standard InChI is InChI=1S/C6H8ClN3OS/c7-5-8-9-6(12-5)10-1-3-11-4-2-10/h1-4H2. The molecule has 1 fully saturated rings. The Morgan fingerprint density at radius 2 is 2.08 bits per heavy atom. The van der Waals surface area contributed by atoms with Gasteiger partial charge < -0.3 is 9.64 Å². The minimum atomic E-state index is 0.497. The first kappa shape index (κ1) is 8.22. The molecule has 0 bridgehead atoms. The van der Waals surface area contributed by atoms with Gasteiger partial charge in [0.05, 0.1) is 13.2 Å². The topological polar surface area (TPSA) is 38.2 Å². The highest BCUT2D eigenvalue weighted by Crippen LogP contribution is 2.23. The number of anilines is 1. The second-order valence-corrected chi connectivity index (χ2v) is 3.98. The van der Waals surface area contributed by atoms with Gasteiger partial charge in [-0.2, -0.15) is 0 Å². The number of halogens is 1. The fourth-order valence-corrected chi connectivity index (χ4v) is 1.95. The van der Waals surface area contributed by atoms with Gasteiger partial charge in [-0.1, -0.05) is 11.3 Å². The lowest BCUT2D eigenvalue weighted by molar-refractivity contribution is 0.122. The van der Waals surface area contributed by atoms with Gasteiger partial charge in [0.2, 0.25) is 9.60 Å². The third kappa shape index (κ3) is 1.68. The van der Waals surface area contributed by atoms with E-state index in [9.17, 15) is 0 Å². The molecule has 1 aliphatic heterocycles. The summed E-state index contributed by atoms with van der Waals surface area (Å²) in [6, 6.07) is 0. The summed E-state index contributed by atoms with van der Waals surface area (Å²) in [5.74, 6) is 0. The van der Waals surface area contributed by atoms with E-state index < -0.39 is 0 Å². The molecule has 0 atom stereocenters. The Kier molecular flexibility index (Phi) is 2.43. The van der Waals surface area contributed by atoms with Crippen molar-refractivity contribution in [2.75, 3.05) is 31.2 Å². The van der Waals surface area contributed by atoms with Gasteiger partial charge in [0.25, 0.3) is 0 Å². The molecule has 1 saturated heterocycles. The van der Waals surface area contributed by atoms with E-state index in [4.69, 9.17) is 16.3 Å². The lowest BCUT2D eigenvalue weighted by Gasteiger charge is -2.25. The van der Waals surface area contributed by atoms with Crippen LogP contribution in [0, 0.1) is 0 Å². The largest absolute Gasteiger partial charge is 0.378 e. The third-order valence-electron chi connectivity index (χ3n) is 1.67. The number of ether oxygens (including phenoxy) is 1. The van der Waals surface area contributed by atoms with Crippen molar-refractivity contribution in [2.24, 2.45) is 0 Å². The molecule has 12 heavy (non-hydrogen) atoms. The van der Waals surface area contributed by atoms with Gasteiger partial charge in [0.15, 0.2) is 0 Å². The molecule has 0 N–H and O–H groups in total. The minimum Gasteiger partial charge on any atom is -0.378 e. The SMILES string of the molecule is Clc1nnc(N2CCOCC2)s1. The molecular weight excluding hydrogens is 198 g/mol. The zero-order valence-corrected chi connectivity index (χ0v) is 7.94. The summed E-state index contributed by atoms with van der Waals surface area (Å²) in [7, 11) is 0. The van der Waals surface area contributed by atoms with Crippen molar-refractivity contribution >= 4 is 28.1 Å². The van der Waals surface area contributed by atoms with Gasteiger partial charge in [-0.25, -0.2) is 0 Å². The summed E-state index contributed by atoms with van der Waals surface area (Å²) < 4.78 is 5.71. The van der Waals surface area contributed by atoms with Crippen LogP contribution in [-0.4, -0.2) is 36.5 Å². The number of hydrogen-bond acceptors (Lipinski definition) is 5. The molecule has 1 aromatic rings. The molecule has 6 heteroatoms. The molecule has 66 valence electrons. The van der Waals surface area contributed by atoms with E-state index in [0.717, 1.165) is 31.4 Å². The van der Waals surface area contributed by atoms with Crippen molar-refractivity contribution in [3.63, 3.8) is 0 Å². The van der Waals surface area contributed by atoms with E-state index in [1.54, 1.807) is 0 Å². The zero-order chi connectivity index (χ0) is 8.39. The van der Waals surface area contributed by atoms with E-state index in [1.165, 1.54) is 11.3 Å². The summed E-state index contributed by atoms with van der Waals surface area (Å²) in [5.41, 5.74) is 0. The Labute approximate surface area is 79.1 Å². The summed E-state index contributed by atoms with van der Waals surface area (Å²) in [5, 5.41) is 8.58. The number of aromatic nitrogens is 2. The molecule has 2 heterocycles. The summed E-state index contributed by atoms with van der Waals surface area (Å²) >= 11 is 7.07. The van der Waals surface area contributed by atoms with Crippen molar-refractivity contribution in [3.05, 3.63) is 4.47 Å². The van der Waals surface area contributed by atoms with Crippen molar-refractivity contribution in [3.8, 4) is 0 Å². The van der Waals surface area contributed by atoms with Gasteiger partial charge in [0, 0.05) is 13.1 Å². The summed E-state index contributed by atoms with van der Waals surface area (Å²) in [4.78, 5) is 2.13. The van der Waals surface area contributed by atoms with Crippen LogP contribution < -0.4 is 4.90 Å². The highest BCUT2D eigenvalue weighted by Gasteiger charge is 2.14. The van der Waals surface area contributed by atoms with Crippen LogP contribution in [0.5, 0.6) is 0 Å². The first-order valence-electron chi connectivity index (χ1n) is 3.68. The van der Waals surface area contributed by atoms with Gasteiger partial charge in [-0.3, -0.25) is 0 Å². The van der Waals surface area contributed by atoms with Gasteiger partial charge in [0.1, 0.15) is 0 Å². The first-order chi connectivity index (χ1) is 5.86. The van der Waals surface area contributed by atoms with Crippen molar-refractivity contribution < 1.29 is 4.74 Å². The maximum absolute atomic E-state index is 5.67. The van der Waals surface area contributed by atoms with E-state index in [2.05, 4.69) is 15.1 Å². The Hall–Kier alpha value is -0.390. The van der Waals surface area contributed by atoms with Crippen LogP contribution in [0.25, 0.3) is 0 Å². The van der Waals surface area contributed by atoms with Crippen LogP contribution >= 0.6 is 22.9 Å². The molecule has 0 aliphatic carbocycles. The minimum absolute atomic E-state index is 0.497. The van der Waals surface area contributed by atoms with Crippen LogP contribution in [0.1, 0.15) is 0 Å². The van der Waals surface area contributed by atoms with Crippen molar-refractivity contribution in [2.45, 2.75) is 0 Å². The Balaban J connectivity index is 2.08. The average molecular weight is 206 g/mol. The molecule has 0 radical (unpaired) electrons. The number of rotatable bonds is 1. The van der Waals surface area contributed by atoms with Crippen molar-refractivity contribution in [1.29, 1.82) is 0 Å². The van der Waals surface area contributed by atoms with Crippen LogP contribution in [-0.2, 0) is 4.74 Å². The fourth-order valence-electron chi connectivity index (χ4n) is 1.08. The fraction of sp³-hybridized carbons (Fsp3) is 0.667. The van der Waals surface area contributed by atoms with Crippen LogP contribution in [0.3, 0.4) is 0 Å². The predicted molar refractivity (Wildman–Crippen MR) is 48.0 cm³/mol. The van der Waals surface area contributed by atoms with Gasteiger partial charge >= 0.3 is 0 Å². The Bertz CT molecular complexity index is 261. The maximum atomic E-state index is 5.67. The zero-order valence-electron chi connectivity index (χ0n) is 6.36. The molecule has 4 nitrogen and oxygen atoms in total. The lowest BCUT2D eigenvalue weighted by atomic mass is 10.5. The number of hydrogen-bond donors (Lipinski definition) is 0. The molecular formula is C6H8ClN3OS. The van der Waals surface area contributed by atoms with E-state index in [0.29, 0.717) is 4.47 Å². The van der Waals surface area contributed by atoms with E-state index >= 15 is 0 Å². The quantitative estimate of drug-likeness (QED) is 0.687. The second kappa shape index (κ2) is 3.55. The van der Waals surface area contributed by atoms with Gasteiger partial charge in [-0.05, 0) is 11.6 Å². The molecule has 1 aromatic heterocycles. The second-order valence-electron chi connectivity index (χ2n) is 2.44. The molecule has 0 unspecified atom stereocenters. The monoisotopic (exact) mass is 205 g/mol. The first-order valence-corrected chi connectivity index (χ1v) is 4.87. The predicted octanol–water partition coefficient (Wildman–Crippen LogP) is 1.03. The molecule has 0 saturated carbocycles. The summed E-state index contributed by atoms with van der Waals surface area (Å²) in [6.07, 6.45) is 0. The van der Waals surface area contributed by atoms with E-state index in [1.807, 2.05) is 0 Å². The number of nitrogens with zero attached hydrogens (tertiary/aromatic N) is 3. The van der Waals surface area contributed by atoms with Crippen LogP contribution in [0.15, 0.2) is 0 Å². The third-order valence-corrected chi connectivity index (χ3v) is 2.75. The average Bonchev–Trinajstić information content (AvgIpc) is 2.54. The van der Waals surface area contributed by atoms with Crippen LogP contribution in [0.2, 0.25) is 4.47 Å². The smallest absolute Gasteiger partial charge is 0.209 e. The maximum Gasteiger partial charge on any atom is 0.209 e. The molecule has 2 rings (SSSR count). The highest BCUT2D eigenvalue weighted by molar-refractivity contribution is 7.19.